The number of nitrogens with zero attached hydrogens (tertiary/aromatic N) is 1. The Hall–Kier alpha value is -1.30. The standard InChI is InChI=1S/C8H12N2O/c1-3-4-8(11)7(5-9)6(2)10/h3-4,10H2,1-2H3. The van der Waals surface area contributed by atoms with Crippen LogP contribution in [-0.4, -0.2) is 5.78 Å². The van der Waals surface area contributed by atoms with E-state index in [1.165, 1.54) is 0 Å². The van der Waals surface area contributed by atoms with Crippen molar-refractivity contribution in [1.29, 1.82) is 5.26 Å². The second-order valence-corrected chi connectivity index (χ2v) is 2.34. The van der Waals surface area contributed by atoms with Crippen LogP contribution in [0, 0.1) is 11.3 Å². The summed E-state index contributed by atoms with van der Waals surface area (Å²) in [6.07, 6.45) is 1.15. The van der Waals surface area contributed by atoms with Gasteiger partial charge in [0.1, 0.15) is 11.6 Å². The van der Waals surface area contributed by atoms with Crippen LogP contribution in [0.5, 0.6) is 0 Å². The summed E-state index contributed by atoms with van der Waals surface area (Å²) < 4.78 is 0. The van der Waals surface area contributed by atoms with E-state index >= 15 is 0 Å². The van der Waals surface area contributed by atoms with Gasteiger partial charge in [0.25, 0.3) is 0 Å². The highest BCUT2D eigenvalue weighted by Crippen LogP contribution is 2.03. The molecular weight excluding hydrogens is 140 g/mol. The van der Waals surface area contributed by atoms with Crippen molar-refractivity contribution in [2.24, 2.45) is 5.73 Å². The normalized spacial score (nSPS) is 11.7. The molecule has 11 heavy (non-hydrogen) atoms. The Morgan fingerprint density at radius 1 is 1.64 bits per heavy atom. The third-order valence-electron chi connectivity index (χ3n) is 1.26. The van der Waals surface area contributed by atoms with Gasteiger partial charge in [0.15, 0.2) is 5.78 Å². The summed E-state index contributed by atoms with van der Waals surface area (Å²) in [7, 11) is 0. The molecule has 0 heterocycles. The minimum absolute atomic E-state index is 0.104. The molecule has 0 aromatic rings. The lowest BCUT2D eigenvalue weighted by Gasteiger charge is -1.97. The largest absolute Gasteiger partial charge is 0.401 e. The zero-order chi connectivity index (χ0) is 8.85. The highest BCUT2D eigenvalue weighted by atomic mass is 16.1. The van der Waals surface area contributed by atoms with Gasteiger partial charge in [-0.15, -0.1) is 0 Å². The molecule has 0 spiro atoms. The number of ketones is 1. The number of carbonyl (C=O) groups is 1. The molecular formula is C8H12N2O. The maximum atomic E-state index is 11.1. The Bertz CT molecular complexity index is 219. The Morgan fingerprint density at radius 2 is 2.18 bits per heavy atom. The molecule has 0 aliphatic carbocycles. The molecule has 60 valence electrons. The van der Waals surface area contributed by atoms with Crippen LogP contribution in [0.25, 0.3) is 0 Å². The van der Waals surface area contributed by atoms with Crippen LogP contribution in [-0.2, 0) is 4.79 Å². The van der Waals surface area contributed by atoms with Gasteiger partial charge in [0.2, 0.25) is 0 Å². The lowest BCUT2D eigenvalue weighted by atomic mass is 10.1. The molecule has 0 bridgehead atoms. The second-order valence-electron chi connectivity index (χ2n) is 2.34. The van der Waals surface area contributed by atoms with Crippen molar-refractivity contribution < 1.29 is 4.79 Å². The minimum atomic E-state index is -0.157. The lowest BCUT2D eigenvalue weighted by Crippen LogP contribution is -2.07. The molecule has 0 unspecified atom stereocenters. The van der Waals surface area contributed by atoms with Gasteiger partial charge in [-0.05, 0) is 13.3 Å². The first-order valence-corrected chi connectivity index (χ1v) is 3.53. The van der Waals surface area contributed by atoms with Crippen molar-refractivity contribution in [1.82, 2.24) is 0 Å². The summed E-state index contributed by atoms with van der Waals surface area (Å²) in [6, 6.07) is 1.79. The van der Waals surface area contributed by atoms with Crippen LogP contribution in [0.4, 0.5) is 0 Å². The molecule has 0 aromatic heterocycles. The monoisotopic (exact) mass is 152 g/mol. The van der Waals surface area contributed by atoms with Crippen molar-refractivity contribution in [3.05, 3.63) is 11.3 Å². The third kappa shape index (κ3) is 2.85. The number of rotatable bonds is 3. The Labute approximate surface area is 66.5 Å². The van der Waals surface area contributed by atoms with Gasteiger partial charge in [-0.25, -0.2) is 0 Å². The van der Waals surface area contributed by atoms with Gasteiger partial charge < -0.3 is 5.73 Å². The fraction of sp³-hybridized carbons (Fsp3) is 0.500. The number of Topliss-reactive ketones (excluding diaryl/α,β-unsaturated/α-hetero) is 1. The number of nitrogens with two attached hydrogens (primary N) is 1. The minimum Gasteiger partial charge on any atom is -0.401 e. The van der Waals surface area contributed by atoms with E-state index in [-0.39, 0.29) is 11.4 Å². The SMILES string of the molecule is CCCC(=O)C(C#N)=C(C)N. The molecule has 3 nitrogen and oxygen atoms in total. The fourth-order valence-electron chi connectivity index (χ4n) is 0.723. The quantitative estimate of drug-likeness (QED) is 0.486. The zero-order valence-corrected chi connectivity index (χ0v) is 6.85. The van der Waals surface area contributed by atoms with Crippen LogP contribution in [0.1, 0.15) is 26.7 Å². The summed E-state index contributed by atoms with van der Waals surface area (Å²) in [6.45, 7) is 3.45. The van der Waals surface area contributed by atoms with E-state index in [2.05, 4.69) is 0 Å². The van der Waals surface area contributed by atoms with E-state index in [4.69, 9.17) is 11.0 Å². The average Bonchev–Trinajstić information content (AvgIpc) is 1.88. The Kier molecular flexibility index (Phi) is 3.97. The van der Waals surface area contributed by atoms with E-state index in [1.54, 1.807) is 13.0 Å². The molecule has 0 fully saturated rings. The summed E-state index contributed by atoms with van der Waals surface area (Å²) in [5, 5.41) is 8.48. The van der Waals surface area contributed by atoms with Gasteiger partial charge in [-0.2, -0.15) is 5.26 Å². The smallest absolute Gasteiger partial charge is 0.175 e. The third-order valence-corrected chi connectivity index (χ3v) is 1.26. The van der Waals surface area contributed by atoms with E-state index in [1.807, 2.05) is 6.92 Å². The van der Waals surface area contributed by atoms with Crippen LogP contribution in [0.15, 0.2) is 11.3 Å². The van der Waals surface area contributed by atoms with Gasteiger partial charge in [0.05, 0.1) is 0 Å². The van der Waals surface area contributed by atoms with Gasteiger partial charge >= 0.3 is 0 Å². The fourth-order valence-corrected chi connectivity index (χ4v) is 0.723. The summed E-state index contributed by atoms with van der Waals surface area (Å²) in [5.41, 5.74) is 5.73. The molecule has 0 rings (SSSR count). The van der Waals surface area contributed by atoms with E-state index < -0.39 is 0 Å². The summed E-state index contributed by atoms with van der Waals surface area (Å²) in [4.78, 5) is 11.1. The van der Waals surface area contributed by atoms with Crippen molar-refractivity contribution in [2.45, 2.75) is 26.7 Å². The first-order chi connectivity index (χ1) is 5.13. The second kappa shape index (κ2) is 4.51. The Morgan fingerprint density at radius 3 is 2.45 bits per heavy atom. The Balaban J connectivity index is 4.45. The number of hydrogen-bond acceptors (Lipinski definition) is 3. The number of nitriles is 1. The van der Waals surface area contributed by atoms with E-state index in [9.17, 15) is 4.79 Å². The maximum absolute atomic E-state index is 11.1. The van der Waals surface area contributed by atoms with Crippen LogP contribution < -0.4 is 5.73 Å². The molecule has 0 amide bonds. The highest BCUT2D eigenvalue weighted by molar-refractivity contribution is 5.99. The number of carbonyl (C=O) groups excluding carboxylic acids is 1. The van der Waals surface area contributed by atoms with Crippen LogP contribution in [0.3, 0.4) is 0 Å². The molecule has 0 aliphatic heterocycles. The number of hydrogen-bond donors (Lipinski definition) is 1. The van der Waals surface area contributed by atoms with E-state index in [0.29, 0.717) is 12.1 Å². The highest BCUT2D eigenvalue weighted by Gasteiger charge is 2.08. The van der Waals surface area contributed by atoms with Crippen molar-refractivity contribution in [3.8, 4) is 6.07 Å². The molecule has 0 radical (unpaired) electrons. The predicted molar refractivity (Wildman–Crippen MR) is 42.4 cm³/mol. The molecule has 0 saturated heterocycles. The molecule has 0 atom stereocenters. The zero-order valence-electron chi connectivity index (χ0n) is 6.85. The van der Waals surface area contributed by atoms with Crippen molar-refractivity contribution in [3.63, 3.8) is 0 Å². The van der Waals surface area contributed by atoms with Gasteiger partial charge in [-0.3, -0.25) is 4.79 Å². The summed E-state index contributed by atoms with van der Waals surface area (Å²) >= 11 is 0. The van der Waals surface area contributed by atoms with Crippen molar-refractivity contribution >= 4 is 5.78 Å². The van der Waals surface area contributed by atoms with E-state index in [0.717, 1.165) is 6.42 Å². The first kappa shape index (κ1) is 9.70. The molecule has 0 aliphatic rings. The van der Waals surface area contributed by atoms with Crippen LogP contribution in [0.2, 0.25) is 0 Å². The first-order valence-electron chi connectivity index (χ1n) is 3.53. The van der Waals surface area contributed by atoms with Gasteiger partial charge in [0, 0.05) is 12.1 Å². The molecule has 3 heteroatoms. The number of allylic oxidation sites excluding steroid dienone is 2. The topological polar surface area (TPSA) is 66.9 Å². The predicted octanol–water partition coefficient (Wildman–Crippen LogP) is 1.11. The summed E-state index contributed by atoms with van der Waals surface area (Å²) in [5.74, 6) is -0.157. The van der Waals surface area contributed by atoms with Crippen LogP contribution >= 0.6 is 0 Å². The molecule has 0 saturated carbocycles. The van der Waals surface area contributed by atoms with Crippen molar-refractivity contribution in [2.75, 3.05) is 0 Å². The average molecular weight is 152 g/mol. The molecule has 2 N–H and O–H groups in total. The lowest BCUT2D eigenvalue weighted by molar-refractivity contribution is -0.115. The molecule has 0 aromatic carbocycles. The maximum Gasteiger partial charge on any atom is 0.175 e. The van der Waals surface area contributed by atoms with Gasteiger partial charge in [-0.1, -0.05) is 6.92 Å².